The van der Waals surface area contributed by atoms with Crippen LogP contribution in [0.2, 0.25) is 0 Å². The van der Waals surface area contributed by atoms with E-state index in [4.69, 9.17) is 18.9 Å². The highest BCUT2D eigenvalue weighted by molar-refractivity contribution is 5.94. The molecule has 240 valence electrons. The standard InChI is InChI=1S/C34H40N2O9/c1-20(2)17-27-34(41)43-26(29(38)31-30(45-31)23-9-6-5-7-10-23)11-8-12-28(37)36-25(18-22-13-15-24(42-4)16-14-22)32(39)35-19-21(3)33(40)44-27/h5-10,12-16,20-21,25-27,30-31H,11,17-19H2,1-4H3,(H,35,39)(H,36,37)/b12-8+/t21-,25-,26+,27+,30-,31-/m1/s1. The number of methoxy groups -OCH3 is 1. The molecule has 2 aromatic rings. The molecule has 0 unspecified atom stereocenters. The molecule has 2 heterocycles. The van der Waals surface area contributed by atoms with Crippen LogP contribution in [0.25, 0.3) is 0 Å². The van der Waals surface area contributed by atoms with Crippen LogP contribution in [0.15, 0.2) is 66.7 Å². The number of ketones is 1. The fraction of sp³-hybridized carbons (Fsp3) is 0.441. The first kappa shape index (κ1) is 33.4. The van der Waals surface area contributed by atoms with Crippen molar-refractivity contribution < 1.29 is 42.9 Å². The molecule has 0 saturated carbocycles. The lowest BCUT2D eigenvalue weighted by Gasteiger charge is -2.24. The van der Waals surface area contributed by atoms with Gasteiger partial charge in [0.1, 0.15) is 17.9 Å². The topological polar surface area (TPSA) is 150 Å². The van der Waals surface area contributed by atoms with E-state index in [1.807, 2.05) is 44.2 Å². The molecular formula is C34H40N2O9. The van der Waals surface area contributed by atoms with Gasteiger partial charge in [0.15, 0.2) is 18.3 Å². The van der Waals surface area contributed by atoms with Gasteiger partial charge < -0.3 is 29.6 Å². The number of cyclic esters (lactones) is 2. The Hall–Kier alpha value is -4.51. The second kappa shape index (κ2) is 15.5. The summed E-state index contributed by atoms with van der Waals surface area (Å²) in [5, 5.41) is 5.40. The van der Waals surface area contributed by atoms with E-state index in [0.717, 1.165) is 11.1 Å². The van der Waals surface area contributed by atoms with Gasteiger partial charge in [0.2, 0.25) is 17.6 Å². The summed E-state index contributed by atoms with van der Waals surface area (Å²) in [5.74, 6) is -3.33. The minimum atomic E-state index is -1.29. The zero-order valence-electron chi connectivity index (χ0n) is 25.9. The van der Waals surface area contributed by atoms with Crippen molar-refractivity contribution >= 4 is 29.5 Å². The van der Waals surface area contributed by atoms with Gasteiger partial charge in [-0.3, -0.25) is 19.2 Å². The van der Waals surface area contributed by atoms with Gasteiger partial charge in [0, 0.05) is 19.4 Å². The highest BCUT2D eigenvalue weighted by Gasteiger charge is 2.49. The quantitative estimate of drug-likeness (QED) is 0.335. The van der Waals surface area contributed by atoms with Crippen molar-refractivity contribution in [3.05, 3.63) is 77.9 Å². The van der Waals surface area contributed by atoms with Crippen molar-refractivity contribution in [2.24, 2.45) is 11.8 Å². The first-order valence-electron chi connectivity index (χ1n) is 15.1. The number of ether oxygens (including phenoxy) is 4. The average Bonchev–Trinajstić information content (AvgIpc) is 3.83. The third-order valence-corrected chi connectivity index (χ3v) is 7.52. The Morgan fingerprint density at radius 2 is 1.69 bits per heavy atom. The summed E-state index contributed by atoms with van der Waals surface area (Å²) in [6.45, 7) is 5.19. The molecule has 2 aromatic carbocycles. The van der Waals surface area contributed by atoms with E-state index in [2.05, 4.69) is 10.6 Å². The second-order valence-electron chi connectivity index (χ2n) is 11.7. The predicted octanol–water partition coefficient (Wildman–Crippen LogP) is 3.01. The number of carbonyl (C=O) groups excluding carboxylic acids is 5. The van der Waals surface area contributed by atoms with Gasteiger partial charge in [-0.25, -0.2) is 4.79 Å². The Morgan fingerprint density at radius 1 is 0.978 bits per heavy atom. The molecule has 0 spiro atoms. The van der Waals surface area contributed by atoms with E-state index in [1.165, 1.54) is 12.2 Å². The molecule has 0 aliphatic carbocycles. The third-order valence-electron chi connectivity index (χ3n) is 7.52. The Morgan fingerprint density at radius 3 is 2.36 bits per heavy atom. The van der Waals surface area contributed by atoms with Gasteiger partial charge in [0.25, 0.3) is 0 Å². The summed E-state index contributed by atoms with van der Waals surface area (Å²) in [5.41, 5.74) is 1.58. The monoisotopic (exact) mass is 620 g/mol. The number of Topliss-reactive ketones (excluding diaryl/α,β-unsaturated/α-hetero) is 1. The molecular weight excluding hydrogens is 580 g/mol. The minimum absolute atomic E-state index is 0.0402. The maximum absolute atomic E-state index is 13.5. The summed E-state index contributed by atoms with van der Waals surface area (Å²) in [6.07, 6.45) is -1.06. The number of rotatable bonds is 8. The van der Waals surface area contributed by atoms with Crippen LogP contribution in [-0.2, 0) is 44.6 Å². The number of carbonyl (C=O) groups is 5. The first-order chi connectivity index (χ1) is 21.5. The van der Waals surface area contributed by atoms with Crippen molar-refractivity contribution in [2.75, 3.05) is 13.7 Å². The molecule has 0 bridgehead atoms. The SMILES string of the molecule is COc1ccc(C[C@H]2NC(=O)/C=C/C[C@@H](C(=O)[C@H]3O[C@@H]3c3ccccc3)OC(=O)[C@H](CC(C)C)OC(=O)[C@H](C)CNC2=O)cc1. The van der Waals surface area contributed by atoms with Gasteiger partial charge in [-0.1, -0.05) is 69.3 Å². The lowest BCUT2D eigenvalue weighted by molar-refractivity contribution is -0.176. The molecule has 0 radical (unpaired) electrons. The molecule has 11 heteroatoms. The molecule has 1 fully saturated rings. The normalized spacial score (nSPS) is 27.0. The number of hydrogen-bond acceptors (Lipinski definition) is 9. The first-order valence-corrected chi connectivity index (χ1v) is 15.1. The number of hydrogen-bond donors (Lipinski definition) is 2. The van der Waals surface area contributed by atoms with E-state index in [0.29, 0.717) is 5.75 Å². The van der Waals surface area contributed by atoms with Crippen molar-refractivity contribution in [1.82, 2.24) is 10.6 Å². The fourth-order valence-electron chi connectivity index (χ4n) is 4.91. The van der Waals surface area contributed by atoms with E-state index in [-0.39, 0.29) is 31.7 Å². The average molecular weight is 621 g/mol. The van der Waals surface area contributed by atoms with E-state index < -0.39 is 65.9 Å². The van der Waals surface area contributed by atoms with Crippen LogP contribution in [0.1, 0.15) is 50.8 Å². The molecule has 45 heavy (non-hydrogen) atoms. The summed E-state index contributed by atoms with van der Waals surface area (Å²) in [6, 6.07) is 15.3. The van der Waals surface area contributed by atoms with E-state index in [1.54, 1.807) is 38.3 Å². The number of nitrogens with one attached hydrogen (secondary N) is 2. The van der Waals surface area contributed by atoms with Crippen molar-refractivity contribution in [3.63, 3.8) is 0 Å². The Labute approximate surface area is 262 Å². The van der Waals surface area contributed by atoms with Gasteiger partial charge in [-0.15, -0.1) is 0 Å². The van der Waals surface area contributed by atoms with Gasteiger partial charge in [-0.05, 0) is 41.7 Å². The molecule has 2 aliphatic heterocycles. The predicted molar refractivity (Wildman–Crippen MR) is 163 cm³/mol. The van der Waals surface area contributed by atoms with Crippen LogP contribution in [0.3, 0.4) is 0 Å². The molecule has 0 aromatic heterocycles. The third kappa shape index (κ3) is 9.49. The zero-order chi connectivity index (χ0) is 32.5. The summed E-state index contributed by atoms with van der Waals surface area (Å²) in [7, 11) is 1.55. The highest BCUT2D eigenvalue weighted by Crippen LogP contribution is 2.40. The lowest BCUT2D eigenvalue weighted by atomic mass is 10.0. The van der Waals surface area contributed by atoms with Crippen molar-refractivity contribution in [3.8, 4) is 5.75 Å². The molecule has 11 nitrogen and oxygen atoms in total. The number of amides is 2. The van der Waals surface area contributed by atoms with Crippen LogP contribution in [0.5, 0.6) is 5.75 Å². The minimum Gasteiger partial charge on any atom is -0.497 e. The van der Waals surface area contributed by atoms with Gasteiger partial charge >= 0.3 is 11.9 Å². The molecule has 2 aliphatic rings. The zero-order valence-corrected chi connectivity index (χ0v) is 25.9. The molecule has 1 saturated heterocycles. The summed E-state index contributed by atoms with van der Waals surface area (Å²) < 4.78 is 22.1. The number of benzene rings is 2. The largest absolute Gasteiger partial charge is 0.497 e. The number of epoxide rings is 1. The molecule has 4 rings (SSSR count). The Kier molecular flexibility index (Phi) is 11.5. The van der Waals surface area contributed by atoms with E-state index >= 15 is 0 Å². The fourth-order valence-corrected chi connectivity index (χ4v) is 4.91. The second-order valence-corrected chi connectivity index (χ2v) is 11.7. The van der Waals surface area contributed by atoms with Gasteiger partial charge in [0.05, 0.1) is 13.0 Å². The maximum Gasteiger partial charge on any atom is 0.348 e. The van der Waals surface area contributed by atoms with Gasteiger partial charge in [-0.2, -0.15) is 0 Å². The maximum atomic E-state index is 13.5. The van der Waals surface area contributed by atoms with Crippen molar-refractivity contribution in [1.29, 1.82) is 0 Å². The van der Waals surface area contributed by atoms with Crippen LogP contribution >= 0.6 is 0 Å². The van der Waals surface area contributed by atoms with Crippen LogP contribution in [-0.4, -0.2) is 67.5 Å². The Bertz CT molecular complexity index is 1390. The molecule has 6 atom stereocenters. The Balaban J connectivity index is 1.57. The van der Waals surface area contributed by atoms with Crippen molar-refractivity contribution in [2.45, 2.75) is 70.5 Å². The van der Waals surface area contributed by atoms with Crippen LogP contribution in [0.4, 0.5) is 0 Å². The summed E-state index contributed by atoms with van der Waals surface area (Å²) >= 11 is 0. The lowest BCUT2D eigenvalue weighted by Crippen LogP contribution is -2.49. The van der Waals surface area contributed by atoms with E-state index in [9.17, 15) is 24.0 Å². The highest BCUT2D eigenvalue weighted by atomic mass is 16.6. The molecule has 2 N–H and O–H groups in total. The van der Waals surface area contributed by atoms with Crippen LogP contribution < -0.4 is 15.4 Å². The van der Waals surface area contributed by atoms with Crippen LogP contribution in [0, 0.1) is 11.8 Å². The smallest absolute Gasteiger partial charge is 0.348 e. The molecule has 2 amide bonds. The number of esters is 2. The summed E-state index contributed by atoms with van der Waals surface area (Å²) in [4.78, 5) is 66.0.